The van der Waals surface area contributed by atoms with E-state index in [-0.39, 0.29) is 11.4 Å². The van der Waals surface area contributed by atoms with Gasteiger partial charge in [0.2, 0.25) is 0 Å². The number of halogens is 3. The molecule has 0 unspecified atom stereocenters. The van der Waals surface area contributed by atoms with Crippen molar-refractivity contribution < 1.29 is 14.1 Å². The van der Waals surface area contributed by atoms with Gasteiger partial charge in [-0.05, 0) is 6.07 Å². The fraction of sp³-hybridized carbons (Fsp3) is 0.125. The molecule has 0 radical (unpaired) electrons. The Balaban J connectivity index is 3.35. The zero-order valence-corrected chi connectivity index (χ0v) is 8.68. The Morgan fingerprint density at radius 1 is 1.53 bits per heavy atom. The summed E-state index contributed by atoms with van der Waals surface area (Å²) >= 11 is 10.6. The molecule has 0 aromatic heterocycles. The van der Waals surface area contributed by atoms with Gasteiger partial charge in [-0.2, -0.15) is 0 Å². The minimum absolute atomic E-state index is 0.168. The number of Topliss-reactive ketones (excluding diaryl/α,β-unsaturated/α-hetero) is 1. The molecule has 1 aromatic carbocycles. The summed E-state index contributed by atoms with van der Waals surface area (Å²) in [5.74, 6) is -1.99. The zero-order valence-electron chi connectivity index (χ0n) is 7.17. The molecule has 1 rings (SSSR count). The van der Waals surface area contributed by atoms with Gasteiger partial charge in [-0.25, -0.2) is 4.39 Å². The molecule has 0 aliphatic rings. The van der Waals surface area contributed by atoms with E-state index in [1.165, 1.54) is 0 Å². The Hall–Kier alpha value is -1.20. The SMILES string of the molecule is O=C(CCl)c1cc(F)c(Cl)c([N+](=O)[O-])c1. The molecule has 0 spiro atoms. The number of nitrogens with zero attached hydrogens (tertiary/aromatic N) is 1. The summed E-state index contributed by atoms with van der Waals surface area (Å²) in [6, 6.07) is 1.72. The Kier molecular flexibility index (Phi) is 3.60. The molecule has 0 amide bonds. The maximum Gasteiger partial charge on any atom is 0.291 e. The lowest BCUT2D eigenvalue weighted by Crippen LogP contribution is -2.03. The third-order valence-electron chi connectivity index (χ3n) is 1.65. The zero-order chi connectivity index (χ0) is 11.6. The van der Waals surface area contributed by atoms with Crippen molar-refractivity contribution in [1.82, 2.24) is 0 Å². The monoisotopic (exact) mass is 251 g/mol. The fourth-order valence-corrected chi connectivity index (χ4v) is 1.28. The minimum Gasteiger partial charge on any atom is -0.293 e. The van der Waals surface area contributed by atoms with Crippen LogP contribution in [0.15, 0.2) is 12.1 Å². The van der Waals surface area contributed by atoms with Gasteiger partial charge in [-0.1, -0.05) is 11.6 Å². The highest BCUT2D eigenvalue weighted by Gasteiger charge is 2.20. The molecule has 4 nitrogen and oxygen atoms in total. The van der Waals surface area contributed by atoms with Crippen LogP contribution in [0.4, 0.5) is 10.1 Å². The smallest absolute Gasteiger partial charge is 0.291 e. The van der Waals surface area contributed by atoms with E-state index >= 15 is 0 Å². The van der Waals surface area contributed by atoms with Crippen molar-refractivity contribution in [2.45, 2.75) is 0 Å². The van der Waals surface area contributed by atoms with Crippen LogP contribution in [-0.4, -0.2) is 16.6 Å². The molecular formula is C8H4Cl2FNO3. The first-order valence-electron chi connectivity index (χ1n) is 3.70. The molecule has 1 aromatic rings. The van der Waals surface area contributed by atoms with Gasteiger partial charge in [0.1, 0.15) is 5.82 Å². The second-order valence-electron chi connectivity index (χ2n) is 2.61. The van der Waals surface area contributed by atoms with Gasteiger partial charge in [-0.3, -0.25) is 14.9 Å². The number of nitro benzene ring substituents is 1. The lowest BCUT2D eigenvalue weighted by Gasteiger charge is -2.00. The van der Waals surface area contributed by atoms with E-state index in [0.29, 0.717) is 0 Å². The Morgan fingerprint density at radius 3 is 2.60 bits per heavy atom. The van der Waals surface area contributed by atoms with Gasteiger partial charge in [0.15, 0.2) is 10.8 Å². The number of alkyl halides is 1. The third-order valence-corrected chi connectivity index (χ3v) is 2.27. The predicted molar refractivity (Wildman–Crippen MR) is 53.1 cm³/mol. The van der Waals surface area contributed by atoms with Gasteiger partial charge < -0.3 is 0 Å². The molecule has 0 N–H and O–H groups in total. The molecular weight excluding hydrogens is 248 g/mol. The van der Waals surface area contributed by atoms with Crippen molar-refractivity contribution in [2.24, 2.45) is 0 Å². The number of carbonyl (C=O) groups excluding carboxylic acids is 1. The van der Waals surface area contributed by atoms with Gasteiger partial charge in [0, 0.05) is 11.6 Å². The van der Waals surface area contributed by atoms with Gasteiger partial charge in [0.05, 0.1) is 10.8 Å². The van der Waals surface area contributed by atoms with Crippen LogP contribution in [0.3, 0.4) is 0 Å². The van der Waals surface area contributed by atoms with Crippen molar-refractivity contribution >= 4 is 34.7 Å². The van der Waals surface area contributed by atoms with Gasteiger partial charge >= 0.3 is 0 Å². The Bertz CT molecular complexity index is 436. The number of hydrogen-bond acceptors (Lipinski definition) is 3. The number of benzene rings is 1. The highest BCUT2D eigenvalue weighted by Crippen LogP contribution is 2.28. The molecule has 0 atom stereocenters. The van der Waals surface area contributed by atoms with E-state index in [2.05, 4.69) is 0 Å². The van der Waals surface area contributed by atoms with Crippen molar-refractivity contribution in [3.05, 3.63) is 38.7 Å². The Labute approximate surface area is 93.7 Å². The van der Waals surface area contributed by atoms with E-state index in [4.69, 9.17) is 23.2 Å². The summed E-state index contributed by atoms with van der Waals surface area (Å²) < 4.78 is 13.1. The number of rotatable bonds is 3. The summed E-state index contributed by atoms with van der Waals surface area (Å²) in [6.07, 6.45) is 0. The van der Waals surface area contributed by atoms with Crippen LogP contribution in [0.2, 0.25) is 5.02 Å². The van der Waals surface area contributed by atoms with Crippen LogP contribution in [0, 0.1) is 15.9 Å². The normalized spacial score (nSPS) is 10.1. The molecule has 0 saturated heterocycles. The lowest BCUT2D eigenvalue weighted by atomic mass is 10.1. The van der Waals surface area contributed by atoms with Crippen molar-refractivity contribution in [1.29, 1.82) is 0 Å². The number of ketones is 1. The van der Waals surface area contributed by atoms with Crippen LogP contribution >= 0.6 is 23.2 Å². The molecule has 0 aliphatic heterocycles. The maximum atomic E-state index is 13.1. The topological polar surface area (TPSA) is 60.2 Å². The Morgan fingerprint density at radius 2 is 2.13 bits per heavy atom. The largest absolute Gasteiger partial charge is 0.293 e. The maximum absolute atomic E-state index is 13.1. The molecule has 0 heterocycles. The summed E-state index contributed by atoms with van der Waals surface area (Å²) in [5.41, 5.74) is -0.816. The first kappa shape index (κ1) is 11.9. The number of carbonyl (C=O) groups is 1. The van der Waals surface area contributed by atoms with Crippen LogP contribution in [-0.2, 0) is 0 Å². The summed E-state index contributed by atoms with van der Waals surface area (Å²) in [7, 11) is 0. The average molecular weight is 252 g/mol. The van der Waals surface area contributed by atoms with E-state index in [1.807, 2.05) is 0 Å². The van der Waals surface area contributed by atoms with Crippen molar-refractivity contribution in [3.63, 3.8) is 0 Å². The second kappa shape index (κ2) is 4.55. The minimum atomic E-state index is -1.01. The molecule has 7 heteroatoms. The highest BCUT2D eigenvalue weighted by molar-refractivity contribution is 6.33. The molecule has 0 fully saturated rings. The first-order chi connectivity index (χ1) is 6.97. The van der Waals surface area contributed by atoms with E-state index in [9.17, 15) is 19.3 Å². The quantitative estimate of drug-likeness (QED) is 0.359. The van der Waals surface area contributed by atoms with E-state index in [0.717, 1.165) is 12.1 Å². The standard InChI is InChI=1S/C8H4Cl2FNO3/c9-3-7(13)4-1-5(11)8(10)6(2-4)12(14)15/h1-2H,3H2. The number of nitro groups is 1. The average Bonchev–Trinajstić information content (AvgIpc) is 2.20. The van der Waals surface area contributed by atoms with Crippen molar-refractivity contribution in [2.75, 3.05) is 5.88 Å². The first-order valence-corrected chi connectivity index (χ1v) is 4.61. The molecule has 15 heavy (non-hydrogen) atoms. The number of hydrogen-bond donors (Lipinski definition) is 0. The van der Waals surface area contributed by atoms with Crippen LogP contribution in [0.25, 0.3) is 0 Å². The van der Waals surface area contributed by atoms with E-state index in [1.54, 1.807) is 0 Å². The molecule has 80 valence electrons. The third kappa shape index (κ3) is 2.43. The predicted octanol–water partition coefficient (Wildman–Crippen LogP) is 2.81. The van der Waals surface area contributed by atoms with Gasteiger partial charge in [-0.15, -0.1) is 11.6 Å². The summed E-state index contributed by atoms with van der Waals surface area (Å²) in [4.78, 5) is 20.7. The van der Waals surface area contributed by atoms with Gasteiger partial charge in [0.25, 0.3) is 5.69 Å². The molecule has 0 saturated carbocycles. The van der Waals surface area contributed by atoms with Crippen LogP contribution < -0.4 is 0 Å². The second-order valence-corrected chi connectivity index (χ2v) is 3.25. The summed E-state index contributed by atoms with van der Waals surface area (Å²) in [5, 5.41) is 9.83. The van der Waals surface area contributed by atoms with Crippen LogP contribution in [0.1, 0.15) is 10.4 Å². The lowest BCUT2D eigenvalue weighted by molar-refractivity contribution is -0.384. The van der Waals surface area contributed by atoms with Crippen LogP contribution in [0.5, 0.6) is 0 Å². The fourth-order valence-electron chi connectivity index (χ4n) is 0.946. The highest BCUT2D eigenvalue weighted by atomic mass is 35.5. The van der Waals surface area contributed by atoms with Crippen molar-refractivity contribution in [3.8, 4) is 0 Å². The summed E-state index contributed by atoms with van der Waals surface area (Å²) in [6.45, 7) is 0. The van der Waals surface area contributed by atoms with E-state index < -0.39 is 27.2 Å². The molecule has 0 aliphatic carbocycles. The molecule has 0 bridgehead atoms.